The van der Waals surface area contributed by atoms with Crippen LogP contribution in [-0.2, 0) is 0 Å². The summed E-state index contributed by atoms with van der Waals surface area (Å²) in [6.45, 7) is 0. The molecule has 4 heterocycles. The largest absolute Gasteiger partial charge is 0.456 e. The highest BCUT2D eigenvalue weighted by Crippen LogP contribution is 2.53. The van der Waals surface area contributed by atoms with E-state index in [0.717, 1.165) is 72.8 Å². The highest BCUT2D eigenvalue weighted by Gasteiger charge is 2.37. The summed E-state index contributed by atoms with van der Waals surface area (Å²) in [4.78, 5) is 8.64. The van der Waals surface area contributed by atoms with E-state index in [1.807, 2.05) is 30.6 Å². The molecule has 0 N–H and O–H groups in total. The summed E-state index contributed by atoms with van der Waals surface area (Å²) < 4.78 is 13.0. The maximum Gasteiger partial charge on any atom is 0.139 e. The van der Waals surface area contributed by atoms with Crippen LogP contribution in [0.25, 0.3) is 44.5 Å². The van der Waals surface area contributed by atoms with Gasteiger partial charge in [-0.2, -0.15) is 0 Å². The zero-order valence-electron chi connectivity index (χ0n) is 24.1. The maximum atomic E-state index is 6.52. The Balaban J connectivity index is 1.17. The van der Waals surface area contributed by atoms with Gasteiger partial charge in [0.15, 0.2) is 0 Å². The van der Waals surface area contributed by atoms with E-state index in [2.05, 4.69) is 119 Å². The van der Waals surface area contributed by atoms with Crippen LogP contribution in [0.3, 0.4) is 0 Å². The lowest BCUT2D eigenvalue weighted by Gasteiger charge is -2.35. The van der Waals surface area contributed by atoms with Crippen LogP contribution in [0.5, 0.6) is 23.0 Å². The molecule has 5 heteroatoms. The summed E-state index contributed by atoms with van der Waals surface area (Å²) >= 11 is 0. The first-order valence-electron chi connectivity index (χ1n) is 14.9. The average Bonchev–Trinajstić information content (AvgIpc) is 3.12. The van der Waals surface area contributed by atoms with Gasteiger partial charge in [-0.3, -0.25) is 9.97 Å². The van der Waals surface area contributed by atoms with Crippen molar-refractivity contribution in [1.82, 2.24) is 9.97 Å². The number of hydrogen-bond acceptors (Lipinski definition) is 4. The van der Waals surface area contributed by atoms with E-state index in [1.54, 1.807) is 12.4 Å². The van der Waals surface area contributed by atoms with E-state index in [1.165, 1.54) is 10.6 Å². The van der Waals surface area contributed by atoms with E-state index in [0.29, 0.717) is 0 Å². The van der Waals surface area contributed by atoms with Gasteiger partial charge in [0.05, 0.1) is 5.30 Å². The van der Waals surface area contributed by atoms with E-state index in [4.69, 9.17) is 9.47 Å². The molecule has 0 fully saturated rings. The Bertz CT molecular complexity index is 2080. The topological polar surface area (TPSA) is 44.2 Å². The Kier molecular flexibility index (Phi) is 6.07. The third-order valence-electron chi connectivity index (χ3n) is 8.41. The molecule has 9 rings (SSSR count). The molecule has 0 unspecified atom stereocenters. The Morgan fingerprint density at radius 1 is 0.378 bits per heavy atom. The van der Waals surface area contributed by atoms with Crippen molar-refractivity contribution >= 4 is 23.8 Å². The van der Waals surface area contributed by atoms with Gasteiger partial charge >= 0.3 is 0 Å². The maximum absolute atomic E-state index is 6.52. The Labute approximate surface area is 262 Å². The molecule has 0 spiro atoms. The number of benzene rings is 5. The van der Waals surface area contributed by atoms with Gasteiger partial charge in [-0.15, -0.1) is 0 Å². The number of fused-ring (bicyclic) bond motifs is 4. The molecular weight excluding hydrogens is 571 g/mol. The van der Waals surface area contributed by atoms with Gasteiger partial charge in [-0.25, -0.2) is 0 Å². The van der Waals surface area contributed by atoms with Crippen molar-refractivity contribution in [3.63, 3.8) is 0 Å². The Morgan fingerprint density at radius 2 is 0.800 bits per heavy atom. The summed E-state index contributed by atoms with van der Waals surface area (Å²) in [5.41, 5.74) is 9.10. The smallest absolute Gasteiger partial charge is 0.139 e. The first-order chi connectivity index (χ1) is 22.3. The SMILES string of the molecule is c1cncc(-c2cccc(-c3ccc4c(c3)P3c5cc(-c6cccc(-c7cccnc7)c6)ccc5Oc5cccc(c53)O4)c2)c1. The molecule has 5 aromatic carbocycles. The van der Waals surface area contributed by atoms with Crippen LogP contribution in [0, 0.1) is 0 Å². The number of aromatic nitrogens is 2. The summed E-state index contributed by atoms with van der Waals surface area (Å²) in [7, 11) is -0.937. The van der Waals surface area contributed by atoms with Crippen molar-refractivity contribution < 1.29 is 9.47 Å². The summed E-state index contributed by atoms with van der Waals surface area (Å²) in [5.74, 6) is 3.53. The summed E-state index contributed by atoms with van der Waals surface area (Å²) in [6.07, 6.45) is 7.42. The molecule has 0 saturated carbocycles. The van der Waals surface area contributed by atoms with Gasteiger partial charge in [0, 0.05) is 54.4 Å². The van der Waals surface area contributed by atoms with Gasteiger partial charge in [-0.1, -0.05) is 66.7 Å². The fourth-order valence-electron chi connectivity index (χ4n) is 6.23. The fraction of sp³-hybridized carbons (Fsp3) is 0. The second kappa shape index (κ2) is 10.6. The Hall–Kier alpha value is -5.57. The quantitative estimate of drug-likeness (QED) is 0.190. The van der Waals surface area contributed by atoms with E-state index in [-0.39, 0.29) is 0 Å². The molecule has 212 valence electrons. The van der Waals surface area contributed by atoms with Gasteiger partial charge < -0.3 is 9.47 Å². The Morgan fingerprint density at radius 3 is 1.27 bits per heavy atom. The highest BCUT2D eigenvalue weighted by molar-refractivity contribution is 7.80. The van der Waals surface area contributed by atoms with E-state index in [9.17, 15) is 0 Å². The van der Waals surface area contributed by atoms with E-state index >= 15 is 0 Å². The molecule has 4 nitrogen and oxygen atoms in total. The molecular formula is C40H25N2O2P. The van der Waals surface area contributed by atoms with E-state index < -0.39 is 7.92 Å². The third kappa shape index (κ3) is 4.50. The summed E-state index contributed by atoms with van der Waals surface area (Å²) in [6, 6.07) is 44.7. The van der Waals surface area contributed by atoms with Gasteiger partial charge in [0.25, 0.3) is 0 Å². The molecule has 45 heavy (non-hydrogen) atoms. The van der Waals surface area contributed by atoms with Crippen molar-refractivity contribution in [1.29, 1.82) is 0 Å². The van der Waals surface area contributed by atoms with Crippen molar-refractivity contribution in [2.75, 3.05) is 0 Å². The molecule has 0 amide bonds. The van der Waals surface area contributed by atoms with Gasteiger partial charge in [-0.05, 0) is 94.0 Å². The van der Waals surface area contributed by atoms with Crippen LogP contribution >= 0.6 is 7.92 Å². The monoisotopic (exact) mass is 596 g/mol. The molecule has 2 aliphatic heterocycles. The van der Waals surface area contributed by atoms with Crippen molar-refractivity contribution in [3.05, 3.63) is 152 Å². The van der Waals surface area contributed by atoms with Gasteiger partial charge in [0.1, 0.15) is 23.0 Å². The van der Waals surface area contributed by atoms with Crippen LogP contribution in [0.1, 0.15) is 0 Å². The first-order valence-corrected chi connectivity index (χ1v) is 16.2. The molecule has 7 aromatic rings. The second-order valence-electron chi connectivity index (χ2n) is 11.2. The minimum Gasteiger partial charge on any atom is -0.456 e. The second-order valence-corrected chi connectivity index (χ2v) is 13.2. The number of hydrogen-bond donors (Lipinski definition) is 0. The summed E-state index contributed by atoms with van der Waals surface area (Å²) in [5, 5.41) is 3.52. The van der Waals surface area contributed by atoms with Crippen molar-refractivity contribution in [2.24, 2.45) is 0 Å². The molecule has 0 atom stereocenters. The molecule has 2 aliphatic rings. The molecule has 0 aliphatic carbocycles. The first kappa shape index (κ1) is 25.9. The van der Waals surface area contributed by atoms with Crippen LogP contribution in [-0.4, -0.2) is 9.97 Å². The van der Waals surface area contributed by atoms with Crippen LogP contribution in [0.4, 0.5) is 0 Å². The zero-order chi connectivity index (χ0) is 29.7. The number of nitrogens with zero attached hydrogens (tertiary/aromatic N) is 2. The lowest BCUT2D eigenvalue weighted by Crippen LogP contribution is -2.32. The van der Waals surface area contributed by atoms with Crippen LogP contribution < -0.4 is 25.4 Å². The third-order valence-corrected chi connectivity index (χ3v) is 11.0. The minimum atomic E-state index is -0.937. The zero-order valence-corrected chi connectivity index (χ0v) is 25.0. The highest BCUT2D eigenvalue weighted by atomic mass is 31.1. The molecule has 0 saturated heterocycles. The lowest BCUT2D eigenvalue weighted by molar-refractivity contribution is 0.466. The van der Waals surface area contributed by atoms with Crippen LogP contribution in [0.2, 0.25) is 0 Å². The molecule has 0 bridgehead atoms. The molecule has 0 radical (unpaired) electrons. The van der Waals surface area contributed by atoms with Crippen LogP contribution in [0.15, 0.2) is 152 Å². The van der Waals surface area contributed by atoms with Crippen molar-refractivity contribution in [2.45, 2.75) is 0 Å². The predicted octanol–water partition coefficient (Wildman–Crippen LogP) is 9.11. The normalized spacial score (nSPS) is 12.7. The standard InChI is InChI=1S/C40H25N2O2P/c1-6-26(20-28(8-1)32-10-4-18-41-24-32)30-14-16-34-38(22-30)45-39-23-31(27-7-2-9-29(21-27)33-11-5-19-42-25-33)15-17-35(39)44-37-13-3-12-36(43-34)40(37)45/h1-25H. The molecule has 2 aromatic heterocycles. The minimum absolute atomic E-state index is 0.868. The van der Waals surface area contributed by atoms with Crippen molar-refractivity contribution in [3.8, 4) is 67.5 Å². The predicted molar refractivity (Wildman–Crippen MR) is 183 cm³/mol. The number of ether oxygens (including phenoxy) is 2. The number of rotatable bonds is 4. The average molecular weight is 597 g/mol. The van der Waals surface area contributed by atoms with Gasteiger partial charge in [0.2, 0.25) is 0 Å². The number of pyridine rings is 2. The lowest BCUT2D eigenvalue weighted by atomic mass is 10.00. The fourth-order valence-corrected chi connectivity index (χ4v) is 8.87.